The van der Waals surface area contributed by atoms with Crippen LogP contribution in [0.2, 0.25) is 0 Å². The smallest absolute Gasteiger partial charge is 0.274 e. The number of carbonyl (C=O) groups excluding carboxylic acids is 2. The molecule has 9 heteroatoms. The second-order valence-corrected chi connectivity index (χ2v) is 7.67. The van der Waals surface area contributed by atoms with Gasteiger partial charge >= 0.3 is 0 Å². The number of hydrogen-bond donors (Lipinski definition) is 0. The lowest BCUT2D eigenvalue weighted by atomic mass is 10.1. The monoisotopic (exact) mass is 428 g/mol. The van der Waals surface area contributed by atoms with E-state index in [1.54, 1.807) is 21.9 Å². The van der Waals surface area contributed by atoms with Crippen LogP contribution in [-0.2, 0) is 13.0 Å². The first-order valence-electron chi connectivity index (χ1n) is 10.5. The van der Waals surface area contributed by atoms with Crippen LogP contribution >= 0.6 is 0 Å². The van der Waals surface area contributed by atoms with Crippen LogP contribution in [0.15, 0.2) is 18.2 Å². The predicted molar refractivity (Wildman–Crippen MR) is 113 cm³/mol. The lowest BCUT2D eigenvalue weighted by Crippen LogP contribution is -2.50. The number of ether oxygens (including phenoxy) is 3. The van der Waals surface area contributed by atoms with E-state index in [0.717, 1.165) is 31.5 Å². The highest BCUT2D eigenvalue weighted by atomic mass is 16.5. The first-order chi connectivity index (χ1) is 15.1. The van der Waals surface area contributed by atoms with Crippen molar-refractivity contribution in [1.29, 1.82) is 0 Å². The minimum atomic E-state index is -0.164. The summed E-state index contributed by atoms with van der Waals surface area (Å²) in [5.41, 5.74) is 2.03. The number of aryl methyl sites for hydroxylation is 2. The van der Waals surface area contributed by atoms with Crippen molar-refractivity contribution in [1.82, 2.24) is 19.6 Å². The molecule has 0 aliphatic carbocycles. The molecule has 3 heterocycles. The highest BCUT2D eigenvalue weighted by Gasteiger charge is 2.30. The van der Waals surface area contributed by atoms with Gasteiger partial charge in [0.15, 0.2) is 17.2 Å². The molecule has 2 amide bonds. The Balaban J connectivity index is 1.44. The molecule has 4 rings (SSSR count). The van der Waals surface area contributed by atoms with E-state index >= 15 is 0 Å². The fourth-order valence-corrected chi connectivity index (χ4v) is 4.24. The Kier molecular flexibility index (Phi) is 6.01. The number of aromatic nitrogens is 2. The third-order valence-electron chi connectivity index (χ3n) is 5.92. The maximum absolute atomic E-state index is 13.2. The third kappa shape index (κ3) is 3.92. The second kappa shape index (κ2) is 8.87. The van der Waals surface area contributed by atoms with Crippen molar-refractivity contribution < 1.29 is 23.8 Å². The van der Waals surface area contributed by atoms with Crippen LogP contribution in [0.5, 0.6) is 17.2 Å². The van der Waals surface area contributed by atoms with E-state index in [1.165, 1.54) is 21.3 Å². The van der Waals surface area contributed by atoms with Gasteiger partial charge < -0.3 is 24.0 Å². The molecule has 9 nitrogen and oxygen atoms in total. The number of hydrogen-bond acceptors (Lipinski definition) is 6. The molecular formula is C22H28N4O5. The third-order valence-corrected chi connectivity index (χ3v) is 5.92. The van der Waals surface area contributed by atoms with Crippen LogP contribution in [-0.4, -0.2) is 78.9 Å². The average molecular weight is 428 g/mol. The van der Waals surface area contributed by atoms with Crippen LogP contribution < -0.4 is 14.2 Å². The molecule has 0 saturated carbocycles. The molecule has 1 aromatic heterocycles. The van der Waals surface area contributed by atoms with E-state index in [9.17, 15) is 9.59 Å². The molecule has 31 heavy (non-hydrogen) atoms. The van der Waals surface area contributed by atoms with Gasteiger partial charge in [0.2, 0.25) is 5.75 Å². The molecule has 0 spiro atoms. The number of carbonyl (C=O) groups is 2. The van der Waals surface area contributed by atoms with E-state index in [4.69, 9.17) is 14.2 Å². The quantitative estimate of drug-likeness (QED) is 0.723. The Bertz CT molecular complexity index is 955. The van der Waals surface area contributed by atoms with E-state index < -0.39 is 0 Å². The van der Waals surface area contributed by atoms with Crippen molar-refractivity contribution in [2.75, 3.05) is 47.5 Å². The highest BCUT2D eigenvalue weighted by Crippen LogP contribution is 2.40. The Hall–Kier alpha value is -3.23. The lowest BCUT2D eigenvalue weighted by molar-refractivity contribution is 0.0529. The molecule has 0 unspecified atom stereocenters. The van der Waals surface area contributed by atoms with E-state index in [0.29, 0.717) is 54.7 Å². The van der Waals surface area contributed by atoms with Crippen LogP contribution in [0.1, 0.15) is 39.4 Å². The van der Waals surface area contributed by atoms with Gasteiger partial charge in [-0.15, -0.1) is 0 Å². The van der Waals surface area contributed by atoms with Crippen LogP contribution in [0.4, 0.5) is 0 Å². The van der Waals surface area contributed by atoms with Crippen LogP contribution in [0.25, 0.3) is 0 Å². The van der Waals surface area contributed by atoms with Gasteiger partial charge in [-0.25, -0.2) is 0 Å². The molecule has 2 aromatic rings. The second-order valence-electron chi connectivity index (χ2n) is 7.67. The van der Waals surface area contributed by atoms with E-state index in [1.807, 2.05) is 10.7 Å². The molecule has 0 atom stereocenters. The Morgan fingerprint density at radius 1 is 0.839 bits per heavy atom. The van der Waals surface area contributed by atoms with Gasteiger partial charge in [0.05, 0.1) is 26.9 Å². The molecule has 166 valence electrons. The van der Waals surface area contributed by atoms with Crippen molar-refractivity contribution in [3.05, 3.63) is 35.2 Å². The zero-order valence-corrected chi connectivity index (χ0v) is 18.2. The number of methoxy groups -OCH3 is 3. The molecule has 0 bridgehead atoms. The van der Waals surface area contributed by atoms with Gasteiger partial charge in [0.25, 0.3) is 11.8 Å². The van der Waals surface area contributed by atoms with Crippen LogP contribution in [0.3, 0.4) is 0 Å². The number of piperazine rings is 1. The average Bonchev–Trinajstić information content (AvgIpc) is 3.26. The molecule has 0 N–H and O–H groups in total. The van der Waals surface area contributed by atoms with E-state index in [-0.39, 0.29) is 11.8 Å². The van der Waals surface area contributed by atoms with Crippen molar-refractivity contribution >= 4 is 11.8 Å². The minimum Gasteiger partial charge on any atom is -0.493 e. The summed E-state index contributed by atoms with van der Waals surface area (Å²) in [6, 6.07) is 5.28. The molecule has 2 aliphatic rings. The predicted octanol–water partition coefficient (Wildman–Crippen LogP) is 1.84. The molecule has 1 fully saturated rings. The fourth-order valence-electron chi connectivity index (χ4n) is 4.24. The normalized spacial score (nSPS) is 16.0. The van der Waals surface area contributed by atoms with E-state index in [2.05, 4.69) is 5.10 Å². The topological polar surface area (TPSA) is 86.1 Å². The van der Waals surface area contributed by atoms with Gasteiger partial charge in [-0.3, -0.25) is 14.3 Å². The van der Waals surface area contributed by atoms with Gasteiger partial charge in [0, 0.05) is 38.4 Å². The minimum absolute atomic E-state index is 0.0716. The number of amides is 2. The summed E-state index contributed by atoms with van der Waals surface area (Å²) < 4.78 is 18.1. The molecule has 0 radical (unpaired) electrons. The highest BCUT2D eigenvalue weighted by molar-refractivity contribution is 5.98. The summed E-state index contributed by atoms with van der Waals surface area (Å²) in [5, 5.41) is 4.49. The zero-order chi connectivity index (χ0) is 22.0. The van der Waals surface area contributed by atoms with Gasteiger partial charge in [-0.2, -0.15) is 5.10 Å². The molecule has 1 aromatic carbocycles. The van der Waals surface area contributed by atoms with Crippen molar-refractivity contribution in [2.45, 2.75) is 25.8 Å². The summed E-state index contributed by atoms with van der Waals surface area (Å²) in [6.45, 7) is 2.67. The number of fused-ring (bicyclic) bond motifs is 1. The number of nitrogens with zero attached hydrogens (tertiary/aromatic N) is 4. The largest absolute Gasteiger partial charge is 0.493 e. The Morgan fingerprint density at radius 2 is 1.52 bits per heavy atom. The Labute approximate surface area is 181 Å². The molecule has 1 saturated heterocycles. The summed E-state index contributed by atoms with van der Waals surface area (Å²) in [5.74, 6) is 0.983. The standard InChI is InChI=1S/C22H28N4O5/c1-29-18-8-7-16(19(30-2)20(18)31-3)21(27)24-10-12-25(13-11-24)22(28)17-14-15-6-4-5-9-26(15)23-17/h7-8,14H,4-6,9-13H2,1-3H3. The summed E-state index contributed by atoms with van der Waals surface area (Å²) in [6.07, 6.45) is 3.21. The molecule has 2 aliphatic heterocycles. The summed E-state index contributed by atoms with van der Waals surface area (Å²) >= 11 is 0. The first-order valence-corrected chi connectivity index (χ1v) is 10.5. The van der Waals surface area contributed by atoms with Gasteiger partial charge in [0.1, 0.15) is 0 Å². The summed E-state index contributed by atoms with van der Waals surface area (Å²) in [7, 11) is 4.54. The van der Waals surface area contributed by atoms with Gasteiger partial charge in [-0.05, 0) is 37.5 Å². The maximum atomic E-state index is 13.2. The molecular weight excluding hydrogens is 400 g/mol. The lowest BCUT2D eigenvalue weighted by Gasteiger charge is -2.34. The van der Waals surface area contributed by atoms with Crippen molar-refractivity contribution in [2.24, 2.45) is 0 Å². The van der Waals surface area contributed by atoms with Crippen LogP contribution in [0, 0.1) is 0 Å². The maximum Gasteiger partial charge on any atom is 0.274 e. The number of rotatable bonds is 5. The number of benzene rings is 1. The van der Waals surface area contributed by atoms with Gasteiger partial charge in [-0.1, -0.05) is 0 Å². The fraction of sp³-hybridized carbons (Fsp3) is 0.500. The zero-order valence-electron chi connectivity index (χ0n) is 18.2. The summed E-state index contributed by atoms with van der Waals surface area (Å²) in [4.78, 5) is 29.6. The van der Waals surface area contributed by atoms with Crippen molar-refractivity contribution in [3.63, 3.8) is 0 Å². The first kappa shape index (κ1) is 21.0. The Morgan fingerprint density at radius 3 is 2.13 bits per heavy atom. The van der Waals surface area contributed by atoms with Crippen molar-refractivity contribution in [3.8, 4) is 17.2 Å². The SMILES string of the molecule is COc1ccc(C(=O)N2CCN(C(=O)c3cc4n(n3)CCCC4)CC2)c(OC)c1OC.